The summed E-state index contributed by atoms with van der Waals surface area (Å²) in [4.78, 5) is 22.1. The fourth-order valence-corrected chi connectivity index (χ4v) is 3.24. The first-order valence-corrected chi connectivity index (χ1v) is 7.61. The summed E-state index contributed by atoms with van der Waals surface area (Å²) in [6.07, 6.45) is 6.69. The lowest BCUT2D eigenvalue weighted by Crippen LogP contribution is -2.49. The molecule has 1 aromatic rings. The molecule has 0 saturated carbocycles. The van der Waals surface area contributed by atoms with Gasteiger partial charge < -0.3 is 10.3 Å². The van der Waals surface area contributed by atoms with E-state index in [4.69, 9.17) is 0 Å². The summed E-state index contributed by atoms with van der Waals surface area (Å²) in [6, 6.07) is 0.837. The van der Waals surface area contributed by atoms with Crippen LogP contribution in [0.5, 0.6) is 0 Å². The van der Waals surface area contributed by atoms with Gasteiger partial charge in [-0.3, -0.25) is 9.69 Å². The number of imidazole rings is 1. The molecule has 5 heteroatoms. The van der Waals surface area contributed by atoms with Gasteiger partial charge in [0.15, 0.2) is 0 Å². The van der Waals surface area contributed by atoms with Crippen LogP contribution in [0.25, 0.3) is 0 Å². The van der Waals surface area contributed by atoms with Gasteiger partial charge in [-0.1, -0.05) is 6.92 Å². The van der Waals surface area contributed by atoms with E-state index in [9.17, 15) is 4.79 Å². The topological polar surface area (TPSA) is 61.0 Å². The number of H-pyrrole nitrogens is 1. The zero-order chi connectivity index (χ0) is 14.7. The lowest BCUT2D eigenvalue weighted by Gasteiger charge is -2.32. The molecule has 4 atom stereocenters. The van der Waals surface area contributed by atoms with Crippen LogP contribution in [-0.2, 0) is 4.79 Å². The fraction of sp³-hybridized carbons (Fsp3) is 0.733. The molecule has 1 amide bonds. The average molecular weight is 278 g/mol. The van der Waals surface area contributed by atoms with Crippen molar-refractivity contribution in [3.8, 4) is 0 Å². The summed E-state index contributed by atoms with van der Waals surface area (Å²) in [5.74, 6) is 0.921. The van der Waals surface area contributed by atoms with E-state index >= 15 is 0 Å². The third-order valence-electron chi connectivity index (χ3n) is 4.42. The average Bonchev–Trinajstić information content (AvgIpc) is 3.05. The van der Waals surface area contributed by atoms with Crippen LogP contribution in [-0.4, -0.2) is 38.9 Å². The molecule has 0 spiro atoms. The summed E-state index contributed by atoms with van der Waals surface area (Å²) in [5.41, 5.74) is 0. The third-order valence-corrected chi connectivity index (χ3v) is 4.42. The first-order chi connectivity index (χ1) is 9.54. The van der Waals surface area contributed by atoms with Gasteiger partial charge in [0.05, 0.1) is 12.1 Å². The Kier molecular flexibility index (Phi) is 4.81. The van der Waals surface area contributed by atoms with Gasteiger partial charge in [-0.05, 0) is 40.0 Å². The van der Waals surface area contributed by atoms with Crippen molar-refractivity contribution in [1.29, 1.82) is 0 Å². The highest BCUT2D eigenvalue weighted by Crippen LogP contribution is 2.26. The number of hydrogen-bond acceptors (Lipinski definition) is 3. The SMILES string of the molecule is CCC(NC(=O)C(C)N1C(C)CCC1C)c1ncc[nH]1. The highest BCUT2D eigenvalue weighted by Gasteiger charge is 2.34. The second-order valence-electron chi connectivity index (χ2n) is 5.84. The zero-order valence-electron chi connectivity index (χ0n) is 12.9. The molecule has 1 aromatic heterocycles. The second-order valence-corrected chi connectivity index (χ2v) is 5.84. The normalized spacial score (nSPS) is 26.4. The number of nitrogens with one attached hydrogen (secondary N) is 2. The van der Waals surface area contributed by atoms with E-state index in [2.05, 4.69) is 41.0 Å². The van der Waals surface area contributed by atoms with Crippen molar-refractivity contribution in [1.82, 2.24) is 20.2 Å². The van der Waals surface area contributed by atoms with Gasteiger partial charge in [0.2, 0.25) is 5.91 Å². The minimum absolute atomic E-state index is 0.0341. The van der Waals surface area contributed by atoms with Crippen molar-refractivity contribution in [2.75, 3.05) is 0 Å². The third kappa shape index (κ3) is 3.03. The Morgan fingerprint density at radius 3 is 2.65 bits per heavy atom. The summed E-state index contributed by atoms with van der Waals surface area (Å²) in [7, 11) is 0. The number of carbonyl (C=O) groups excluding carboxylic acids is 1. The van der Waals surface area contributed by atoms with Crippen LogP contribution in [0.3, 0.4) is 0 Å². The summed E-state index contributed by atoms with van der Waals surface area (Å²) < 4.78 is 0. The molecule has 1 saturated heterocycles. The lowest BCUT2D eigenvalue weighted by molar-refractivity contribution is -0.127. The number of rotatable bonds is 5. The van der Waals surface area contributed by atoms with Crippen molar-refractivity contribution in [2.24, 2.45) is 0 Å². The molecule has 0 aliphatic carbocycles. The number of amides is 1. The molecule has 2 rings (SSSR count). The van der Waals surface area contributed by atoms with Crippen LogP contribution in [0.1, 0.15) is 58.8 Å². The van der Waals surface area contributed by atoms with E-state index < -0.39 is 0 Å². The molecule has 1 aliphatic heterocycles. The van der Waals surface area contributed by atoms with Crippen LogP contribution >= 0.6 is 0 Å². The standard InChI is InChI=1S/C15H26N4O/c1-5-13(14-16-8-9-17-14)18-15(20)12(4)19-10(2)6-7-11(19)3/h8-13H,5-7H2,1-4H3,(H,16,17)(H,18,20). The van der Waals surface area contributed by atoms with E-state index in [1.807, 2.05) is 6.92 Å². The predicted octanol–water partition coefficient (Wildman–Crippen LogP) is 2.24. The molecular weight excluding hydrogens is 252 g/mol. The molecular formula is C15H26N4O. The molecule has 112 valence electrons. The minimum Gasteiger partial charge on any atom is -0.347 e. The van der Waals surface area contributed by atoms with Gasteiger partial charge in [0.1, 0.15) is 5.82 Å². The van der Waals surface area contributed by atoms with Crippen molar-refractivity contribution in [3.05, 3.63) is 18.2 Å². The van der Waals surface area contributed by atoms with Crippen molar-refractivity contribution in [3.63, 3.8) is 0 Å². The molecule has 1 fully saturated rings. The van der Waals surface area contributed by atoms with E-state index in [1.54, 1.807) is 12.4 Å². The van der Waals surface area contributed by atoms with E-state index in [0.717, 1.165) is 12.2 Å². The molecule has 2 N–H and O–H groups in total. The second kappa shape index (κ2) is 6.39. The zero-order valence-corrected chi connectivity index (χ0v) is 12.9. The van der Waals surface area contributed by atoms with Gasteiger partial charge >= 0.3 is 0 Å². The molecule has 20 heavy (non-hydrogen) atoms. The quantitative estimate of drug-likeness (QED) is 0.868. The highest BCUT2D eigenvalue weighted by atomic mass is 16.2. The molecule has 4 unspecified atom stereocenters. The molecule has 0 radical (unpaired) electrons. The van der Waals surface area contributed by atoms with E-state index in [0.29, 0.717) is 12.1 Å². The molecule has 5 nitrogen and oxygen atoms in total. The van der Waals surface area contributed by atoms with Crippen LogP contribution in [0.4, 0.5) is 0 Å². The van der Waals surface area contributed by atoms with Crippen LogP contribution in [0, 0.1) is 0 Å². The number of hydrogen-bond donors (Lipinski definition) is 2. The number of likely N-dealkylation sites (tertiary alicyclic amines) is 1. The van der Waals surface area contributed by atoms with Crippen LogP contribution in [0.15, 0.2) is 12.4 Å². The Labute approximate surface area is 121 Å². The smallest absolute Gasteiger partial charge is 0.237 e. The Morgan fingerprint density at radius 2 is 2.15 bits per heavy atom. The molecule has 2 heterocycles. The van der Waals surface area contributed by atoms with Crippen LogP contribution < -0.4 is 5.32 Å². The van der Waals surface area contributed by atoms with Gasteiger partial charge in [-0.15, -0.1) is 0 Å². The molecule has 1 aliphatic rings. The number of carbonyl (C=O) groups is 1. The summed E-state index contributed by atoms with van der Waals surface area (Å²) in [6.45, 7) is 8.47. The maximum Gasteiger partial charge on any atom is 0.237 e. The fourth-order valence-electron chi connectivity index (χ4n) is 3.24. The monoisotopic (exact) mass is 278 g/mol. The predicted molar refractivity (Wildman–Crippen MR) is 79.2 cm³/mol. The van der Waals surface area contributed by atoms with Crippen molar-refractivity contribution < 1.29 is 4.79 Å². The first kappa shape index (κ1) is 15.0. The van der Waals surface area contributed by atoms with Gasteiger partial charge in [0.25, 0.3) is 0 Å². The van der Waals surface area contributed by atoms with Gasteiger partial charge in [-0.2, -0.15) is 0 Å². The minimum atomic E-state index is -0.0912. The van der Waals surface area contributed by atoms with Crippen molar-refractivity contribution in [2.45, 2.75) is 71.1 Å². The number of aromatic nitrogens is 2. The number of nitrogens with zero attached hydrogens (tertiary/aromatic N) is 2. The van der Waals surface area contributed by atoms with Crippen LogP contribution in [0.2, 0.25) is 0 Å². The van der Waals surface area contributed by atoms with Gasteiger partial charge in [-0.25, -0.2) is 4.98 Å². The van der Waals surface area contributed by atoms with E-state index in [-0.39, 0.29) is 18.0 Å². The molecule has 0 bridgehead atoms. The summed E-state index contributed by atoms with van der Waals surface area (Å²) in [5, 5.41) is 3.11. The Balaban J connectivity index is 2.00. The Morgan fingerprint density at radius 1 is 1.50 bits per heavy atom. The lowest BCUT2D eigenvalue weighted by atomic mass is 10.1. The highest BCUT2D eigenvalue weighted by molar-refractivity contribution is 5.81. The molecule has 0 aromatic carbocycles. The van der Waals surface area contributed by atoms with Gasteiger partial charge in [0, 0.05) is 24.5 Å². The number of aromatic amines is 1. The van der Waals surface area contributed by atoms with E-state index in [1.165, 1.54) is 12.8 Å². The maximum absolute atomic E-state index is 12.5. The Hall–Kier alpha value is -1.36. The van der Waals surface area contributed by atoms with Crippen molar-refractivity contribution >= 4 is 5.91 Å². The largest absolute Gasteiger partial charge is 0.347 e. The Bertz CT molecular complexity index is 421. The first-order valence-electron chi connectivity index (χ1n) is 7.61. The maximum atomic E-state index is 12.5. The summed E-state index contributed by atoms with van der Waals surface area (Å²) >= 11 is 0.